The Morgan fingerprint density at radius 1 is 1.42 bits per heavy atom. The first-order chi connectivity index (χ1) is 9.11. The fourth-order valence-electron chi connectivity index (χ4n) is 2.13. The van der Waals surface area contributed by atoms with Crippen LogP contribution in [0.4, 0.5) is 0 Å². The van der Waals surface area contributed by atoms with Gasteiger partial charge in [0.05, 0.1) is 6.04 Å². The highest BCUT2D eigenvalue weighted by Gasteiger charge is 2.21. The molecule has 1 amide bonds. The zero-order chi connectivity index (χ0) is 14.3. The van der Waals surface area contributed by atoms with Crippen LogP contribution in [-0.2, 0) is 4.79 Å². The zero-order valence-corrected chi connectivity index (χ0v) is 13.5. The summed E-state index contributed by atoms with van der Waals surface area (Å²) in [6.07, 6.45) is 1.52. The number of nitrogens with zero attached hydrogens (tertiary/aromatic N) is 1. The average Bonchev–Trinajstić information content (AvgIpc) is 2.42. The van der Waals surface area contributed by atoms with Crippen molar-refractivity contribution in [1.82, 2.24) is 10.2 Å². The molecule has 0 aliphatic heterocycles. The van der Waals surface area contributed by atoms with Crippen molar-refractivity contribution in [2.45, 2.75) is 32.7 Å². The van der Waals surface area contributed by atoms with Crippen LogP contribution >= 0.6 is 15.9 Å². The predicted octanol–water partition coefficient (Wildman–Crippen LogP) is 3.36. The number of rotatable bonds is 7. The van der Waals surface area contributed by atoms with Crippen molar-refractivity contribution in [3.05, 3.63) is 34.3 Å². The standard InChI is InChI=1S/C15H23BrN2O/c1-4-11-18(15(19)9-10-17-3)12(2)13-7-5-6-8-14(13)16/h5-8,12,17H,4,9-11H2,1-3H3. The van der Waals surface area contributed by atoms with Crippen LogP contribution in [0, 0.1) is 0 Å². The van der Waals surface area contributed by atoms with E-state index in [0.717, 1.165) is 29.5 Å². The summed E-state index contributed by atoms with van der Waals surface area (Å²) in [6.45, 7) is 5.71. The van der Waals surface area contributed by atoms with Crippen LogP contribution in [0.5, 0.6) is 0 Å². The SMILES string of the molecule is CCCN(C(=O)CCNC)C(C)c1ccccc1Br. The Morgan fingerprint density at radius 3 is 2.68 bits per heavy atom. The Balaban J connectivity index is 2.86. The number of hydrogen-bond donors (Lipinski definition) is 1. The highest BCUT2D eigenvalue weighted by atomic mass is 79.9. The lowest BCUT2D eigenvalue weighted by Gasteiger charge is -2.30. The minimum absolute atomic E-state index is 0.0971. The van der Waals surface area contributed by atoms with Crippen molar-refractivity contribution in [3.63, 3.8) is 0 Å². The number of benzene rings is 1. The van der Waals surface area contributed by atoms with Gasteiger partial charge in [0.1, 0.15) is 0 Å². The molecule has 0 heterocycles. The van der Waals surface area contributed by atoms with Gasteiger partial charge in [0, 0.05) is 24.0 Å². The van der Waals surface area contributed by atoms with E-state index in [4.69, 9.17) is 0 Å². The quantitative estimate of drug-likeness (QED) is 0.833. The van der Waals surface area contributed by atoms with Crippen LogP contribution in [0.2, 0.25) is 0 Å². The molecule has 3 nitrogen and oxygen atoms in total. The molecule has 0 fully saturated rings. The van der Waals surface area contributed by atoms with Gasteiger partial charge in [0.2, 0.25) is 5.91 Å². The number of halogens is 1. The van der Waals surface area contributed by atoms with Crippen LogP contribution in [-0.4, -0.2) is 30.9 Å². The maximum absolute atomic E-state index is 12.3. The van der Waals surface area contributed by atoms with Crippen molar-refractivity contribution in [3.8, 4) is 0 Å². The van der Waals surface area contributed by atoms with E-state index >= 15 is 0 Å². The van der Waals surface area contributed by atoms with Gasteiger partial charge in [-0.25, -0.2) is 0 Å². The average molecular weight is 327 g/mol. The summed E-state index contributed by atoms with van der Waals surface area (Å²) in [5.74, 6) is 0.208. The first kappa shape index (κ1) is 16.2. The third-order valence-electron chi connectivity index (χ3n) is 3.20. The second kappa shape index (κ2) is 8.33. The van der Waals surface area contributed by atoms with E-state index in [9.17, 15) is 4.79 Å². The summed E-state index contributed by atoms with van der Waals surface area (Å²) in [4.78, 5) is 14.3. The number of hydrogen-bond acceptors (Lipinski definition) is 2. The molecule has 0 aliphatic rings. The molecule has 0 radical (unpaired) electrons. The minimum atomic E-state index is 0.0971. The first-order valence-corrected chi connectivity index (χ1v) is 7.59. The smallest absolute Gasteiger partial charge is 0.224 e. The minimum Gasteiger partial charge on any atom is -0.336 e. The second-order valence-corrected chi connectivity index (χ2v) is 5.49. The highest BCUT2D eigenvalue weighted by molar-refractivity contribution is 9.10. The molecule has 4 heteroatoms. The molecule has 1 N–H and O–H groups in total. The third-order valence-corrected chi connectivity index (χ3v) is 3.92. The molecular weight excluding hydrogens is 304 g/mol. The Morgan fingerprint density at radius 2 is 2.11 bits per heavy atom. The number of carbonyl (C=O) groups excluding carboxylic acids is 1. The van der Waals surface area contributed by atoms with Gasteiger partial charge in [-0.2, -0.15) is 0 Å². The van der Waals surface area contributed by atoms with E-state index in [1.807, 2.05) is 30.1 Å². The molecule has 1 atom stereocenters. The van der Waals surface area contributed by atoms with Gasteiger partial charge < -0.3 is 10.2 Å². The van der Waals surface area contributed by atoms with E-state index in [2.05, 4.69) is 41.2 Å². The Hall–Kier alpha value is -0.870. The molecule has 0 saturated carbocycles. The van der Waals surface area contributed by atoms with Crippen molar-refractivity contribution < 1.29 is 4.79 Å². The zero-order valence-electron chi connectivity index (χ0n) is 11.9. The van der Waals surface area contributed by atoms with Crippen molar-refractivity contribution in [2.24, 2.45) is 0 Å². The Bertz CT molecular complexity index is 409. The lowest BCUT2D eigenvalue weighted by molar-refractivity contribution is -0.133. The van der Waals surface area contributed by atoms with Crippen molar-refractivity contribution in [2.75, 3.05) is 20.1 Å². The maximum atomic E-state index is 12.3. The van der Waals surface area contributed by atoms with E-state index in [1.165, 1.54) is 0 Å². The molecular formula is C15H23BrN2O. The van der Waals surface area contributed by atoms with Gasteiger partial charge in [-0.05, 0) is 32.0 Å². The molecule has 0 saturated heterocycles. The summed E-state index contributed by atoms with van der Waals surface area (Å²) in [5, 5.41) is 3.03. The normalized spacial score (nSPS) is 12.2. The molecule has 0 aliphatic carbocycles. The van der Waals surface area contributed by atoms with Crippen molar-refractivity contribution in [1.29, 1.82) is 0 Å². The molecule has 106 valence electrons. The summed E-state index contributed by atoms with van der Waals surface area (Å²) >= 11 is 3.57. The van der Waals surface area contributed by atoms with Gasteiger partial charge in [-0.1, -0.05) is 41.1 Å². The topological polar surface area (TPSA) is 32.3 Å². The largest absolute Gasteiger partial charge is 0.336 e. The fraction of sp³-hybridized carbons (Fsp3) is 0.533. The summed E-state index contributed by atoms with van der Waals surface area (Å²) < 4.78 is 1.06. The van der Waals surface area contributed by atoms with Crippen LogP contribution in [0.1, 0.15) is 38.3 Å². The van der Waals surface area contributed by atoms with E-state index < -0.39 is 0 Å². The monoisotopic (exact) mass is 326 g/mol. The van der Waals surface area contributed by atoms with Gasteiger partial charge >= 0.3 is 0 Å². The number of nitrogens with one attached hydrogen (secondary N) is 1. The second-order valence-electron chi connectivity index (χ2n) is 4.64. The molecule has 1 unspecified atom stereocenters. The van der Waals surface area contributed by atoms with Gasteiger partial charge in [0.15, 0.2) is 0 Å². The summed E-state index contributed by atoms with van der Waals surface area (Å²) in [6, 6.07) is 8.20. The van der Waals surface area contributed by atoms with Gasteiger partial charge in [0.25, 0.3) is 0 Å². The highest BCUT2D eigenvalue weighted by Crippen LogP contribution is 2.28. The van der Waals surface area contributed by atoms with Crippen molar-refractivity contribution >= 4 is 21.8 Å². The number of carbonyl (C=O) groups is 1. The molecule has 1 aromatic rings. The van der Waals surface area contributed by atoms with Gasteiger partial charge in [-0.3, -0.25) is 4.79 Å². The maximum Gasteiger partial charge on any atom is 0.224 e. The lowest BCUT2D eigenvalue weighted by atomic mass is 10.1. The molecule has 0 aromatic heterocycles. The molecule has 1 aromatic carbocycles. The predicted molar refractivity (Wildman–Crippen MR) is 83.1 cm³/mol. The van der Waals surface area contributed by atoms with Crippen LogP contribution in [0.15, 0.2) is 28.7 Å². The fourth-order valence-corrected chi connectivity index (χ4v) is 2.75. The molecule has 0 bridgehead atoms. The van der Waals surface area contributed by atoms with Crippen LogP contribution in [0.25, 0.3) is 0 Å². The first-order valence-electron chi connectivity index (χ1n) is 6.80. The Labute approximate surface area is 124 Å². The van der Waals surface area contributed by atoms with E-state index in [-0.39, 0.29) is 11.9 Å². The number of amides is 1. The summed E-state index contributed by atoms with van der Waals surface area (Å²) in [7, 11) is 1.87. The van der Waals surface area contributed by atoms with E-state index in [1.54, 1.807) is 0 Å². The Kier molecular flexibility index (Phi) is 7.10. The molecule has 0 spiro atoms. The van der Waals surface area contributed by atoms with Crippen LogP contribution < -0.4 is 5.32 Å². The third kappa shape index (κ3) is 4.62. The van der Waals surface area contributed by atoms with Gasteiger partial charge in [-0.15, -0.1) is 0 Å². The lowest BCUT2D eigenvalue weighted by Crippen LogP contribution is -2.35. The molecule has 1 rings (SSSR count). The van der Waals surface area contributed by atoms with E-state index in [0.29, 0.717) is 6.42 Å². The van der Waals surface area contributed by atoms with Crippen LogP contribution in [0.3, 0.4) is 0 Å². The summed E-state index contributed by atoms with van der Waals surface area (Å²) in [5.41, 5.74) is 1.16. The molecule has 19 heavy (non-hydrogen) atoms.